The molecule has 300 valence electrons. The quantitative estimate of drug-likeness (QED) is 0.143. The van der Waals surface area contributed by atoms with E-state index in [2.05, 4.69) is 212 Å². The number of fused-ring (bicyclic) bond motifs is 6. The molecule has 3 nitrogen and oxygen atoms in total. The normalized spacial score (nSPS) is 13.6. The molecule has 10 aromatic rings. The van der Waals surface area contributed by atoms with E-state index < -0.39 is 10.8 Å². The minimum atomic E-state index is -0.671. The van der Waals surface area contributed by atoms with Gasteiger partial charge in [-0.25, -0.2) is 0 Å². The van der Waals surface area contributed by atoms with Gasteiger partial charge in [0.1, 0.15) is 0 Å². The van der Waals surface area contributed by atoms with Crippen LogP contribution in [0.5, 0.6) is 0 Å². The fourth-order valence-electron chi connectivity index (χ4n) is 10.9. The number of hydrogen-bond donors (Lipinski definition) is 0. The zero-order valence-electron chi connectivity index (χ0n) is 35.0. The molecule has 2 aliphatic rings. The van der Waals surface area contributed by atoms with Gasteiger partial charge in [-0.3, -0.25) is 15.0 Å². The first-order valence-electron chi connectivity index (χ1n) is 21.9. The van der Waals surface area contributed by atoms with Crippen LogP contribution in [0.4, 0.5) is 0 Å². The lowest BCUT2D eigenvalue weighted by molar-refractivity contribution is 0.734. The van der Waals surface area contributed by atoms with Crippen molar-refractivity contribution in [3.63, 3.8) is 0 Å². The smallest absolute Gasteiger partial charge is 0.0886 e. The van der Waals surface area contributed by atoms with Crippen LogP contribution in [0.15, 0.2) is 249 Å². The molecule has 0 bridgehead atoms. The Balaban J connectivity index is 1.18. The van der Waals surface area contributed by atoms with E-state index in [9.17, 15) is 0 Å². The highest BCUT2D eigenvalue weighted by Gasteiger charge is 2.48. The molecule has 0 saturated carbocycles. The summed E-state index contributed by atoms with van der Waals surface area (Å²) in [6.45, 7) is 0. The molecular weight excluding hydrogens is 775 g/mol. The first-order chi connectivity index (χ1) is 31.8. The van der Waals surface area contributed by atoms with Crippen LogP contribution >= 0.6 is 0 Å². The lowest BCUT2D eigenvalue weighted by Crippen LogP contribution is -2.30. The number of hydrogen-bond acceptors (Lipinski definition) is 3. The van der Waals surface area contributed by atoms with Crippen molar-refractivity contribution in [2.45, 2.75) is 10.8 Å². The first-order valence-corrected chi connectivity index (χ1v) is 21.9. The Kier molecular flexibility index (Phi) is 8.94. The Labute approximate surface area is 373 Å². The van der Waals surface area contributed by atoms with Crippen LogP contribution in [0.1, 0.15) is 67.2 Å². The van der Waals surface area contributed by atoms with Gasteiger partial charge in [-0.15, -0.1) is 0 Å². The van der Waals surface area contributed by atoms with E-state index in [1.165, 1.54) is 44.5 Å². The van der Waals surface area contributed by atoms with Gasteiger partial charge in [0.2, 0.25) is 0 Å². The van der Waals surface area contributed by atoms with Crippen LogP contribution in [0, 0.1) is 0 Å². The number of benzene rings is 7. The molecule has 3 aromatic heterocycles. The topological polar surface area (TPSA) is 38.7 Å². The summed E-state index contributed by atoms with van der Waals surface area (Å²) in [4.78, 5) is 15.4. The largest absolute Gasteiger partial charge is 0.260 e. The number of rotatable bonds is 8. The van der Waals surface area contributed by atoms with Crippen molar-refractivity contribution in [3.05, 3.63) is 316 Å². The van der Waals surface area contributed by atoms with Crippen LogP contribution in [0.3, 0.4) is 0 Å². The highest BCUT2D eigenvalue weighted by atomic mass is 14.7. The Morgan fingerprint density at radius 3 is 1.06 bits per heavy atom. The standard InChI is InChI=1S/C61H41N3/c1-2-20-42(21-3-1)59(55-34-12-15-37-62-55)58(43-22-18-24-45(40-43)60(56-35-13-16-38-63-56)51-30-8-4-26-47(51)48-27-5-9-31-52(48)60)44-23-19-25-46(41-44)61(57-36-14-17-39-64-57)53-32-10-6-28-49(53)50-29-7-11-33-54(50)61/h1-41H. The zero-order valence-corrected chi connectivity index (χ0v) is 35.0. The van der Waals surface area contributed by atoms with Gasteiger partial charge < -0.3 is 0 Å². The van der Waals surface area contributed by atoms with E-state index in [0.717, 1.165) is 56.0 Å². The SMILES string of the molecule is c1ccc(C(=C(c2cccc(C3(c4ccccn4)c4ccccc4-c4ccccc43)c2)c2cccc(C3(c4ccccn4)c4ccccc4-c4ccccc43)c2)c2ccccn2)cc1. The summed E-state index contributed by atoms with van der Waals surface area (Å²) in [6.07, 6.45) is 5.74. The van der Waals surface area contributed by atoms with E-state index in [4.69, 9.17) is 15.0 Å². The van der Waals surface area contributed by atoms with Crippen LogP contribution in [-0.4, -0.2) is 15.0 Å². The summed E-state index contributed by atoms with van der Waals surface area (Å²) >= 11 is 0. The third kappa shape index (κ3) is 5.57. The fourth-order valence-corrected chi connectivity index (χ4v) is 10.9. The maximum atomic E-state index is 5.17. The van der Waals surface area contributed by atoms with Gasteiger partial charge in [0.05, 0.1) is 27.9 Å². The summed E-state index contributed by atoms with van der Waals surface area (Å²) in [7, 11) is 0. The maximum Gasteiger partial charge on any atom is 0.0886 e. The molecule has 64 heavy (non-hydrogen) atoms. The molecule has 0 N–H and O–H groups in total. The maximum absolute atomic E-state index is 5.17. The molecule has 0 aliphatic heterocycles. The molecule has 0 unspecified atom stereocenters. The highest BCUT2D eigenvalue weighted by Crippen LogP contribution is 2.58. The van der Waals surface area contributed by atoms with Gasteiger partial charge in [-0.05, 0) is 126 Å². The number of pyridine rings is 3. The van der Waals surface area contributed by atoms with Crippen molar-refractivity contribution in [3.8, 4) is 22.3 Å². The second-order valence-corrected chi connectivity index (χ2v) is 16.6. The first kappa shape index (κ1) is 37.5. The van der Waals surface area contributed by atoms with Crippen LogP contribution in [0.2, 0.25) is 0 Å². The molecule has 2 aliphatic carbocycles. The summed E-state index contributed by atoms with van der Waals surface area (Å²) in [5.74, 6) is 0. The fraction of sp³-hybridized carbons (Fsp3) is 0.0328. The van der Waals surface area contributed by atoms with Crippen LogP contribution < -0.4 is 0 Å². The average Bonchev–Trinajstić information content (AvgIpc) is 3.86. The molecule has 3 heterocycles. The second kappa shape index (κ2) is 15.3. The van der Waals surface area contributed by atoms with Gasteiger partial charge in [-0.2, -0.15) is 0 Å². The van der Waals surface area contributed by atoms with Crippen molar-refractivity contribution in [1.29, 1.82) is 0 Å². The Bertz CT molecular complexity index is 3060. The summed E-state index contributed by atoms with van der Waals surface area (Å²) < 4.78 is 0. The second-order valence-electron chi connectivity index (χ2n) is 16.6. The molecule has 0 saturated heterocycles. The summed E-state index contributed by atoms with van der Waals surface area (Å²) in [5.41, 5.74) is 19.0. The predicted octanol–water partition coefficient (Wildman–Crippen LogP) is 13.6. The van der Waals surface area contributed by atoms with Crippen molar-refractivity contribution < 1.29 is 0 Å². The van der Waals surface area contributed by atoms with Gasteiger partial charge >= 0.3 is 0 Å². The van der Waals surface area contributed by atoms with Crippen molar-refractivity contribution >= 4 is 11.1 Å². The van der Waals surface area contributed by atoms with Crippen LogP contribution in [-0.2, 0) is 10.8 Å². The molecule has 7 aromatic carbocycles. The molecule has 12 rings (SSSR count). The van der Waals surface area contributed by atoms with E-state index in [1.807, 2.05) is 36.8 Å². The zero-order chi connectivity index (χ0) is 42.5. The van der Waals surface area contributed by atoms with Gasteiger partial charge in [-0.1, -0.05) is 182 Å². The molecule has 0 atom stereocenters. The Morgan fingerprint density at radius 1 is 0.281 bits per heavy atom. The van der Waals surface area contributed by atoms with Crippen molar-refractivity contribution in [2.24, 2.45) is 0 Å². The summed E-state index contributed by atoms with van der Waals surface area (Å²) in [6, 6.07) is 83.3. The molecule has 0 radical (unpaired) electrons. The predicted molar refractivity (Wildman–Crippen MR) is 259 cm³/mol. The molecule has 0 spiro atoms. The molecule has 3 heteroatoms. The monoisotopic (exact) mass is 815 g/mol. The minimum Gasteiger partial charge on any atom is -0.260 e. The van der Waals surface area contributed by atoms with E-state index >= 15 is 0 Å². The number of nitrogens with zero attached hydrogens (tertiary/aromatic N) is 3. The Morgan fingerprint density at radius 2 is 0.656 bits per heavy atom. The van der Waals surface area contributed by atoms with Gasteiger partial charge in [0, 0.05) is 24.2 Å². The van der Waals surface area contributed by atoms with Crippen molar-refractivity contribution in [1.82, 2.24) is 15.0 Å². The average molecular weight is 816 g/mol. The van der Waals surface area contributed by atoms with Gasteiger partial charge in [0.15, 0.2) is 0 Å². The molecule has 0 amide bonds. The summed E-state index contributed by atoms with van der Waals surface area (Å²) in [5, 5.41) is 0. The van der Waals surface area contributed by atoms with E-state index in [0.29, 0.717) is 0 Å². The van der Waals surface area contributed by atoms with Gasteiger partial charge in [0.25, 0.3) is 0 Å². The lowest BCUT2D eigenvalue weighted by Gasteiger charge is -2.34. The molecule has 0 fully saturated rings. The van der Waals surface area contributed by atoms with Crippen LogP contribution in [0.25, 0.3) is 33.4 Å². The third-order valence-corrected chi connectivity index (χ3v) is 13.4. The minimum absolute atomic E-state index is 0.671. The Hall–Kier alpha value is -8.27. The molecular formula is C61H41N3. The van der Waals surface area contributed by atoms with E-state index in [-0.39, 0.29) is 0 Å². The number of aromatic nitrogens is 3. The highest BCUT2D eigenvalue weighted by molar-refractivity contribution is 6.04. The van der Waals surface area contributed by atoms with E-state index in [1.54, 1.807) is 0 Å². The lowest BCUT2D eigenvalue weighted by atomic mass is 9.68. The van der Waals surface area contributed by atoms with Crippen molar-refractivity contribution in [2.75, 3.05) is 0 Å². The third-order valence-electron chi connectivity index (χ3n) is 13.4.